The largest absolute Gasteiger partial charge is 0.573 e. The number of hydrogen-bond acceptors (Lipinski definition) is 5. The fourth-order valence-electron chi connectivity index (χ4n) is 2.57. The van der Waals surface area contributed by atoms with Crippen molar-refractivity contribution in [3.8, 4) is 28.4 Å². The van der Waals surface area contributed by atoms with E-state index in [9.17, 15) is 28.2 Å². The second kappa shape index (κ2) is 7.63. The van der Waals surface area contributed by atoms with Gasteiger partial charge in [0.2, 0.25) is 0 Å². The van der Waals surface area contributed by atoms with E-state index in [4.69, 9.17) is 5.73 Å². The fraction of sp³-hybridized carbons (Fsp3) is 0.0500. The van der Waals surface area contributed by atoms with Crippen LogP contribution in [0.5, 0.6) is 17.2 Å². The summed E-state index contributed by atoms with van der Waals surface area (Å²) >= 11 is 0. The Morgan fingerprint density at radius 3 is 2.00 bits per heavy atom. The number of benzene rings is 3. The van der Waals surface area contributed by atoms with E-state index >= 15 is 0 Å². The lowest BCUT2D eigenvalue weighted by Gasteiger charge is -2.10. The topological polar surface area (TPSA) is 105 Å². The molecule has 3 rings (SSSR count). The maximum Gasteiger partial charge on any atom is 0.573 e. The van der Waals surface area contributed by atoms with Gasteiger partial charge in [-0.05, 0) is 47.5 Å². The number of nitrogen functional groups attached to an aromatic ring is 1. The van der Waals surface area contributed by atoms with E-state index in [0.717, 1.165) is 6.07 Å². The van der Waals surface area contributed by atoms with Crippen molar-refractivity contribution in [2.75, 3.05) is 11.1 Å². The minimum atomic E-state index is -4.75. The fourth-order valence-corrected chi connectivity index (χ4v) is 2.57. The maximum atomic E-state index is 12.3. The Bertz CT molecular complexity index is 1010. The van der Waals surface area contributed by atoms with E-state index in [2.05, 4.69) is 10.1 Å². The second-order valence-corrected chi connectivity index (χ2v) is 6.04. The molecule has 6 nitrogen and oxygen atoms in total. The summed E-state index contributed by atoms with van der Waals surface area (Å²) in [7, 11) is 0. The van der Waals surface area contributed by atoms with E-state index in [-0.39, 0.29) is 17.0 Å². The average Bonchev–Trinajstić information content (AvgIpc) is 2.65. The van der Waals surface area contributed by atoms with Crippen molar-refractivity contribution in [2.24, 2.45) is 0 Å². The van der Waals surface area contributed by atoms with Crippen LogP contribution in [-0.2, 0) is 0 Å². The number of nitrogens with one attached hydrogen (secondary N) is 1. The van der Waals surface area contributed by atoms with Crippen molar-refractivity contribution in [1.82, 2.24) is 0 Å². The lowest BCUT2D eigenvalue weighted by molar-refractivity contribution is -0.274. The van der Waals surface area contributed by atoms with Crippen LogP contribution in [0.1, 0.15) is 10.4 Å². The zero-order valence-corrected chi connectivity index (χ0v) is 14.7. The summed E-state index contributed by atoms with van der Waals surface area (Å²) in [5.74, 6) is -1.88. The number of hydrogen-bond donors (Lipinski definition) is 4. The molecule has 0 saturated carbocycles. The summed E-state index contributed by atoms with van der Waals surface area (Å²) in [5.41, 5.74) is 7.26. The number of phenols is 2. The Morgan fingerprint density at radius 1 is 0.931 bits per heavy atom. The summed E-state index contributed by atoms with van der Waals surface area (Å²) in [4.78, 5) is 12.3. The molecule has 0 aromatic heterocycles. The molecule has 0 unspecified atom stereocenters. The second-order valence-electron chi connectivity index (χ2n) is 6.04. The standard InChI is InChI=1S/C20H15F3N2O4/c21-20(22,23)29-15-7-3-12(4-8-15)11-1-5-14(6-2-11)25-19(28)13-9-16(24)18(27)17(26)10-13/h1-10,26-27H,24H2,(H,25,28). The van der Waals surface area contributed by atoms with E-state index in [1.54, 1.807) is 24.3 Å². The van der Waals surface area contributed by atoms with Gasteiger partial charge in [0, 0.05) is 11.3 Å². The molecule has 3 aromatic rings. The van der Waals surface area contributed by atoms with Crippen LogP contribution in [0.4, 0.5) is 24.5 Å². The minimum absolute atomic E-state index is 0.0575. The molecule has 0 heterocycles. The average molecular weight is 404 g/mol. The number of nitrogens with two attached hydrogens (primary N) is 1. The van der Waals surface area contributed by atoms with Gasteiger partial charge in [-0.3, -0.25) is 4.79 Å². The molecule has 0 aliphatic heterocycles. The Morgan fingerprint density at radius 2 is 1.48 bits per heavy atom. The summed E-state index contributed by atoms with van der Waals surface area (Å²) in [6, 6.07) is 14.3. The van der Waals surface area contributed by atoms with Gasteiger partial charge in [-0.25, -0.2) is 0 Å². The number of anilines is 2. The van der Waals surface area contributed by atoms with Crippen LogP contribution in [0.15, 0.2) is 60.7 Å². The lowest BCUT2D eigenvalue weighted by Crippen LogP contribution is -2.16. The van der Waals surface area contributed by atoms with Crippen molar-refractivity contribution in [3.63, 3.8) is 0 Å². The Hall–Kier alpha value is -3.88. The Labute approximate surface area is 163 Å². The van der Waals surface area contributed by atoms with Gasteiger partial charge >= 0.3 is 6.36 Å². The highest BCUT2D eigenvalue weighted by molar-refractivity contribution is 6.05. The summed E-state index contributed by atoms with van der Waals surface area (Å²) in [6.45, 7) is 0. The molecule has 1 amide bonds. The van der Waals surface area contributed by atoms with Crippen LogP contribution in [0.25, 0.3) is 11.1 Å². The number of aromatic hydroxyl groups is 2. The number of alkyl halides is 3. The third kappa shape index (κ3) is 4.89. The molecule has 9 heteroatoms. The van der Waals surface area contributed by atoms with Gasteiger partial charge in [0.25, 0.3) is 5.91 Å². The van der Waals surface area contributed by atoms with Gasteiger partial charge in [0.1, 0.15) is 5.75 Å². The quantitative estimate of drug-likeness (QED) is 0.379. The van der Waals surface area contributed by atoms with Crippen LogP contribution in [0.3, 0.4) is 0 Å². The van der Waals surface area contributed by atoms with Crippen molar-refractivity contribution in [1.29, 1.82) is 0 Å². The van der Waals surface area contributed by atoms with Crippen LogP contribution in [0.2, 0.25) is 0 Å². The molecule has 5 N–H and O–H groups in total. The Kier molecular flexibility index (Phi) is 5.22. The molecule has 0 atom stereocenters. The van der Waals surface area contributed by atoms with Crippen molar-refractivity contribution in [2.45, 2.75) is 6.36 Å². The summed E-state index contributed by atoms with van der Waals surface area (Å²) < 4.78 is 40.5. The highest BCUT2D eigenvalue weighted by Gasteiger charge is 2.30. The Balaban J connectivity index is 1.71. The predicted octanol–water partition coefficient (Wildman–Crippen LogP) is 4.50. The number of rotatable bonds is 4. The van der Waals surface area contributed by atoms with Gasteiger partial charge in [0.15, 0.2) is 11.5 Å². The molecule has 150 valence electrons. The molecule has 3 aromatic carbocycles. The van der Waals surface area contributed by atoms with E-state index in [1.165, 1.54) is 30.3 Å². The van der Waals surface area contributed by atoms with Crippen molar-refractivity contribution in [3.05, 3.63) is 66.2 Å². The number of ether oxygens (including phenoxy) is 1. The molecule has 29 heavy (non-hydrogen) atoms. The molecule has 0 radical (unpaired) electrons. The number of carbonyl (C=O) groups excluding carboxylic acids is 1. The zero-order chi connectivity index (χ0) is 21.2. The maximum absolute atomic E-state index is 12.3. The lowest BCUT2D eigenvalue weighted by atomic mass is 10.1. The number of carbonyl (C=O) groups is 1. The predicted molar refractivity (Wildman–Crippen MR) is 101 cm³/mol. The van der Waals surface area contributed by atoms with Gasteiger partial charge in [0.05, 0.1) is 5.69 Å². The van der Waals surface area contributed by atoms with Gasteiger partial charge in [-0.1, -0.05) is 24.3 Å². The van der Waals surface area contributed by atoms with Gasteiger partial charge in [-0.15, -0.1) is 13.2 Å². The first-order valence-electron chi connectivity index (χ1n) is 8.21. The van der Waals surface area contributed by atoms with Crippen LogP contribution in [0, 0.1) is 0 Å². The highest BCUT2D eigenvalue weighted by Crippen LogP contribution is 2.32. The highest BCUT2D eigenvalue weighted by atomic mass is 19.4. The third-order valence-corrected chi connectivity index (χ3v) is 3.95. The normalized spacial score (nSPS) is 11.1. The SMILES string of the molecule is Nc1cc(C(=O)Nc2ccc(-c3ccc(OC(F)(F)F)cc3)cc2)cc(O)c1O. The number of phenolic OH excluding ortho intramolecular Hbond substituents is 2. The third-order valence-electron chi connectivity index (χ3n) is 3.95. The smallest absolute Gasteiger partial charge is 0.504 e. The van der Waals surface area contributed by atoms with Crippen LogP contribution >= 0.6 is 0 Å². The molecular formula is C20H15F3N2O4. The molecule has 0 aliphatic carbocycles. The van der Waals surface area contributed by atoms with Gasteiger partial charge in [-0.2, -0.15) is 0 Å². The molecular weight excluding hydrogens is 389 g/mol. The molecule has 0 fully saturated rings. The number of halogens is 3. The van der Waals surface area contributed by atoms with Gasteiger partial charge < -0.3 is 26.0 Å². The molecule has 0 spiro atoms. The van der Waals surface area contributed by atoms with Crippen LogP contribution < -0.4 is 15.8 Å². The zero-order valence-electron chi connectivity index (χ0n) is 14.7. The van der Waals surface area contributed by atoms with E-state index in [1.807, 2.05) is 0 Å². The minimum Gasteiger partial charge on any atom is -0.504 e. The molecule has 0 aliphatic rings. The monoisotopic (exact) mass is 404 g/mol. The summed E-state index contributed by atoms with van der Waals surface area (Å²) in [5, 5.41) is 21.6. The first-order chi connectivity index (χ1) is 13.6. The van der Waals surface area contributed by atoms with Crippen molar-refractivity contribution >= 4 is 17.3 Å². The molecule has 0 bridgehead atoms. The van der Waals surface area contributed by atoms with Crippen LogP contribution in [-0.4, -0.2) is 22.5 Å². The van der Waals surface area contributed by atoms with E-state index < -0.39 is 23.8 Å². The molecule has 0 saturated heterocycles. The van der Waals surface area contributed by atoms with E-state index in [0.29, 0.717) is 16.8 Å². The summed E-state index contributed by atoms with van der Waals surface area (Å²) in [6.07, 6.45) is -4.75. The van der Waals surface area contributed by atoms with Crippen molar-refractivity contribution < 1.29 is 32.9 Å². The first-order valence-corrected chi connectivity index (χ1v) is 8.21. The first kappa shape index (κ1) is 19.9. The number of amides is 1.